The first-order chi connectivity index (χ1) is 10.6. The molecule has 2 aromatic heterocycles. The molecule has 128 valence electrons. The third-order valence-electron chi connectivity index (χ3n) is 3.54. The molecule has 0 spiro atoms. The van der Waals surface area contributed by atoms with Crippen molar-refractivity contribution in [2.45, 2.75) is 12.6 Å². The monoisotopic (exact) mass is 432 g/mol. The minimum atomic E-state index is 0. The van der Waals surface area contributed by atoms with Crippen LogP contribution in [0.15, 0.2) is 40.1 Å². The maximum Gasteiger partial charge on any atom is 0.191 e. The van der Waals surface area contributed by atoms with Gasteiger partial charge in [0.1, 0.15) is 5.76 Å². The topological polar surface area (TPSA) is 70.6 Å². The van der Waals surface area contributed by atoms with Gasteiger partial charge in [-0.25, -0.2) is 0 Å². The molecule has 2 N–H and O–H groups in total. The molecule has 2 rings (SSSR count). The van der Waals surface area contributed by atoms with Crippen LogP contribution in [-0.2, 0) is 13.6 Å². The molecular weight excluding hydrogens is 407 g/mol. The predicted octanol–water partition coefficient (Wildman–Crippen LogP) is 1.60. The standard InChI is InChI=1S/C15H24N6O.HI/c1-16-15(17-10-12-7-8-19-21(12)4)18-11-13(20(2)3)14-6-5-9-22-14;/h5-9,13H,10-11H2,1-4H3,(H2,16,17,18);1H. The van der Waals surface area contributed by atoms with E-state index in [0.717, 1.165) is 17.4 Å². The molecule has 1 atom stereocenters. The van der Waals surface area contributed by atoms with E-state index in [9.17, 15) is 0 Å². The molecule has 0 aliphatic heterocycles. The highest BCUT2D eigenvalue weighted by atomic mass is 127. The second kappa shape index (κ2) is 9.56. The van der Waals surface area contributed by atoms with Crippen LogP contribution in [0.4, 0.5) is 0 Å². The van der Waals surface area contributed by atoms with Crippen LogP contribution < -0.4 is 10.6 Å². The van der Waals surface area contributed by atoms with E-state index < -0.39 is 0 Å². The van der Waals surface area contributed by atoms with Crippen molar-refractivity contribution in [3.05, 3.63) is 42.1 Å². The highest BCUT2D eigenvalue weighted by Gasteiger charge is 2.17. The summed E-state index contributed by atoms with van der Waals surface area (Å²) in [6, 6.07) is 6.01. The van der Waals surface area contributed by atoms with Gasteiger partial charge in [-0.3, -0.25) is 14.6 Å². The molecule has 0 aliphatic carbocycles. The molecule has 7 nitrogen and oxygen atoms in total. The molecular formula is C15H25IN6O. The van der Waals surface area contributed by atoms with E-state index in [1.807, 2.05) is 44.0 Å². The van der Waals surface area contributed by atoms with Crippen LogP contribution in [-0.4, -0.2) is 48.3 Å². The molecule has 8 heteroatoms. The fourth-order valence-corrected chi connectivity index (χ4v) is 2.18. The van der Waals surface area contributed by atoms with Gasteiger partial charge in [0.15, 0.2) is 5.96 Å². The van der Waals surface area contributed by atoms with Gasteiger partial charge in [0.2, 0.25) is 0 Å². The van der Waals surface area contributed by atoms with Gasteiger partial charge in [0.25, 0.3) is 0 Å². The number of nitrogens with zero attached hydrogens (tertiary/aromatic N) is 4. The smallest absolute Gasteiger partial charge is 0.191 e. The number of furan rings is 1. The van der Waals surface area contributed by atoms with Crippen molar-refractivity contribution >= 4 is 29.9 Å². The molecule has 0 radical (unpaired) electrons. The summed E-state index contributed by atoms with van der Waals surface area (Å²) in [5.74, 6) is 1.68. The molecule has 2 aromatic rings. The largest absolute Gasteiger partial charge is 0.468 e. The zero-order valence-electron chi connectivity index (χ0n) is 14.0. The third kappa shape index (κ3) is 5.54. The number of guanidine groups is 1. The number of nitrogens with one attached hydrogen (secondary N) is 2. The lowest BCUT2D eigenvalue weighted by Gasteiger charge is -2.23. The van der Waals surface area contributed by atoms with Gasteiger partial charge in [0.05, 0.1) is 24.5 Å². The Morgan fingerprint density at radius 1 is 1.39 bits per heavy atom. The van der Waals surface area contributed by atoms with Crippen molar-refractivity contribution in [2.75, 3.05) is 27.7 Å². The van der Waals surface area contributed by atoms with Gasteiger partial charge >= 0.3 is 0 Å². The molecule has 0 bridgehead atoms. The van der Waals surface area contributed by atoms with E-state index in [-0.39, 0.29) is 30.0 Å². The third-order valence-corrected chi connectivity index (χ3v) is 3.54. The summed E-state index contributed by atoms with van der Waals surface area (Å²) in [6.07, 6.45) is 3.48. The first-order valence-electron chi connectivity index (χ1n) is 7.23. The van der Waals surface area contributed by atoms with Crippen molar-refractivity contribution in [2.24, 2.45) is 12.0 Å². The number of rotatable bonds is 6. The van der Waals surface area contributed by atoms with Gasteiger partial charge in [-0.1, -0.05) is 0 Å². The van der Waals surface area contributed by atoms with Crippen LogP contribution in [0.3, 0.4) is 0 Å². The summed E-state index contributed by atoms with van der Waals surface area (Å²) in [4.78, 5) is 6.36. The van der Waals surface area contributed by atoms with Gasteiger partial charge in [-0.15, -0.1) is 24.0 Å². The number of hydrogen-bond acceptors (Lipinski definition) is 4. The molecule has 0 aromatic carbocycles. The van der Waals surface area contributed by atoms with E-state index in [2.05, 4.69) is 25.6 Å². The van der Waals surface area contributed by atoms with Gasteiger partial charge < -0.3 is 15.1 Å². The number of hydrogen-bond donors (Lipinski definition) is 2. The molecule has 2 heterocycles. The molecule has 0 saturated carbocycles. The van der Waals surface area contributed by atoms with Crippen LogP contribution in [0.1, 0.15) is 17.5 Å². The Morgan fingerprint density at radius 3 is 2.70 bits per heavy atom. The Kier molecular flexibility index (Phi) is 8.10. The highest BCUT2D eigenvalue weighted by Crippen LogP contribution is 2.17. The lowest BCUT2D eigenvalue weighted by Crippen LogP contribution is -2.41. The Hall–Kier alpha value is -1.55. The first kappa shape index (κ1) is 19.5. The SMILES string of the molecule is CN=C(NCc1ccnn1C)NCC(c1ccco1)N(C)C.I. The van der Waals surface area contributed by atoms with E-state index in [1.165, 1.54) is 0 Å². The van der Waals surface area contributed by atoms with E-state index in [1.54, 1.807) is 19.5 Å². The molecule has 1 unspecified atom stereocenters. The average molecular weight is 432 g/mol. The molecule has 0 aliphatic rings. The minimum absolute atomic E-state index is 0. The second-order valence-electron chi connectivity index (χ2n) is 5.25. The number of aromatic nitrogens is 2. The summed E-state index contributed by atoms with van der Waals surface area (Å²) in [6.45, 7) is 1.37. The lowest BCUT2D eigenvalue weighted by molar-refractivity contribution is 0.258. The van der Waals surface area contributed by atoms with Gasteiger partial charge in [0, 0.05) is 26.8 Å². The maximum absolute atomic E-state index is 5.50. The normalized spacial score (nSPS) is 12.8. The van der Waals surface area contributed by atoms with Crippen molar-refractivity contribution in [3.8, 4) is 0 Å². The number of aryl methyl sites for hydroxylation is 1. The van der Waals surface area contributed by atoms with Crippen LogP contribution in [0.5, 0.6) is 0 Å². The van der Waals surface area contributed by atoms with Crippen LogP contribution in [0, 0.1) is 0 Å². The van der Waals surface area contributed by atoms with Crippen LogP contribution in [0.25, 0.3) is 0 Å². The van der Waals surface area contributed by atoms with Crippen LogP contribution >= 0.6 is 24.0 Å². The zero-order chi connectivity index (χ0) is 15.9. The Morgan fingerprint density at radius 2 is 2.17 bits per heavy atom. The lowest BCUT2D eigenvalue weighted by atomic mass is 10.2. The van der Waals surface area contributed by atoms with Gasteiger partial charge in [-0.05, 0) is 32.3 Å². The first-order valence-corrected chi connectivity index (χ1v) is 7.23. The van der Waals surface area contributed by atoms with Crippen molar-refractivity contribution < 1.29 is 4.42 Å². The van der Waals surface area contributed by atoms with Gasteiger partial charge in [-0.2, -0.15) is 5.10 Å². The Bertz CT molecular complexity index is 593. The minimum Gasteiger partial charge on any atom is -0.468 e. The second-order valence-corrected chi connectivity index (χ2v) is 5.25. The van der Waals surface area contributed by atoms with E-state index >= 15 is 0 Å². The Labute approximate surface area is 154 Å². The summed E-state index contributed by atoms with van der Waals surface area (Å²) < 4.78 is 7.34. The summed E-state index contributed by atoms with van der Waals surface area (Å²) in [7, 11) is 7.74. The molecule has 23 heavy (non-hydrogen) atoms. The number of likely N-dealkylation sites (N-methyl/N-ethyl adjacent to an activating group) is 1. The fraction of sp³-hybridized carbons (Fsp3) is 0.467. The summed E-state index contributed by atoms with van der Waals surface area (Å²) >= 11 is 0. The quantitative estimate of drug-likeness (QED) is 0.412. The molecule has 0 amide bonds. The highest BCUT2D eigenvalue weighted by molar-refractivity contribution is 14.0. The maximum atomic E-state index is 5.50. The van der Waals surface area contributed by atoms with E-state index in [4.69, 9.17) is 4.42 Å². The fourth-order valence-electron chi connectivity index (χ4n) is 2.18. The Balaban J connectivity index is 0.00000264. The van der Waals surface area contributed by atoms with Crippen LogP contribution in [0.2, 0.25) is 0 Å². The summed E-state index contributed by atoms with van der Waals surface area (Å²) in [5.41, 5.74) is 1.10. The molecule has 0 saturated heterocycles. The van der Waals surface area contributed by atoms with E-state index in [0.29, 0.717) is 13.1 Å². The van der Waals surface area contributed by atoms with Crippen molar-refractivity contribution in [1.29, 1.82) is 0 Å². The number of halogens is 1. The van der Waals surface area contributed by atoms with Crippen molar-refractivity contribution in [1.82, 2.24) is 25.3 Å². The predicted molar refractivity (Wildman–Crippen MR) is 102 cm³/mol. The average Bonchev–Trinajstić information content (AvgIpc) is 3.14. The summed E-state index contributed by atoms with van der Waals surface area (Å²) in [5, 5.41) is 10.8. The zero-order valence-corrected chi connectivity index (χ0v) is 16.3. The van der Waals surface area contributed by atoms with Crippen molar-refractivity contribution in [3.63, 3.8) is 0 Å². The molecule has 0 fully saturated rings. The number of aliphatic imine (C=N–C) groups is 1.